The minimum atomic E-state index is -0.131. The number of anilines is 1. The Morgan fingerprint density at radius 3 is 2.77 bits per heavy atom. The van der Waals surface area contributed by atoms with Gasteiger partial charge in [0.2, 0.25) is 11.9 Å². The second kappa shape index (κ2) is 5.21. The van der Waals surface area contributed by atoms with E-state index >= 15 is 0 Å². The van der Waals surface area contributed by atoms with Crippen LogP contribution in [0.2, 0.25) is 0 Å². The van der Waals surface area contributed by atoms with Crippen LogP contribution < -0.4 is 10.6 Å². The quantitative estimate of drug-likeness (QED) is 0.685. The topological polar surface area (TPSA) is 66.9 Å². The lowest BCUT2D eigenvalue weighted by molar-refractivity contribution is -0.115. The summed E-state index contributed by atoms with van der Waals surface area (Å²) in [5.41, 5.74) is 0. The summed E-state index contributed by atoms with van der Waals surface area (Å²) in [4.78, 5) is 18.8. The maximum Gasteiger partial charge on any atom is 0.240 e. The van der Waals surface area contributed by atoms with Crippen LogP contribution in [-0.2, 0) is 4.79 Å². The van der Waals surface area contributed by atoms with Crippen molar-refractivity contribution in [3.63, 3.8) is 0 Å². The first-order chi connectivity index (χ1) is 6.33. The van der Waals surface area contributed by atoms with Gasteiger partial charge in [0, 0.05) is 12.4 Å². The summed E-state index contributed by atoms with van der Waals surface area (Å²) in [5.74, 6) is 0.207. The van der Waals surface area contributed by atoms with E-state index in [-0.39, 0.29) is 12.5 Å². The van der Waals surface area contributed by atoms with Gasteiger partial charge in [-0.1, -0.05) is 6.92 Å². The molecule has 5 heteroatoms. The smallest absolute Gasteiger partial charge is 0.240 e. The first kappa shape index (κ1) is 9.60. The molecule has 0 radical (unpaired) electrons. The maximum atomic E-state index is 11.1. The Kier molecular flexibility index (Phi) is 3.84. The lowest BCUT2D eigenvalue weighted by Crippen LogP contribution is -2.28. The highest BCUT2D eigenvalue weighted by atomic mass is 16.2. The number of carbonyl (C=O) groups excluding carboxylic acids is 1. The summed E-state index contributed by atoms with van der Waals surface area (Å²) >= 11 is 0. The molecular formula is C8H12N4O. The summed E-state index contributed by atoms with van der Waals surface area (Å²) < 4.78 is 0. The van der Waals surface area contributed by atoms with Crippen molar-refractivity contribution in [2.45, 2.75) is 6.92 Å². The minimum absolute atomic E-state index is 0.131. The molecular weight excluding hydrogens is 168 g/mol. The molecule has 1 aromatic heterocycles. The van der Waals surface area contributed by atoms with Gasteiger partial charge < -0.3 is 5.32 Å². The van der Waals surface area contributed by atoms with Gasteiger partial charge in [0.25, 0.3) is 0 Å². The molecule has 5 nitrogen and oxygen atoms in total. The average molecular weight is 180 g/mol. The van der Waals surface area contributed by atoms with E-state index in [0.29, 0.717) is 5.95 Å². The number of nitrogens with zero attached hydrogens (tertiary/aromatic N) is 2. The van der Waals surface area contributed by atoms with Crippen molar-refractivity contribution in [2.75, 3.05) is 18.4 Å². The third kappa shape index (κ3) is 3.62. The molecule has 0 aliphatic carbocycles. The molecule has 1 amide bonds. The number of aromatic nitrogens is 2. The summed E-state index contributed by atoms with van der Waals surface area (Å²) in [7, 11) is 0. The number of hydrogen-bond acceptors (Lipinski definition) is 4. The molecule has 0 aromatic carbocycles. The second-order valence-electron chi connectivity index (χ2n) is 2.40. The summed E-state index contributed by atoms with van der Waals surface area (Å²) in [5, 5.41) is 5.45. The Morgan fingerprint density at radius 2 is 2.15 bits per heavy atom. The second-order valence-corrected chi connectivity index (χ2v) is 2.40. The van der Waals surface area contributed by atoms with E-state index in [0.717, 1.165) is 6.54 Å². The summed E-state index contributed by atoms with van der Waals surface area (Å²) in [6.07, 6.45) is 3.16. The van der Waals surface area contributed by atoms with Crippen molar-refractivity contribution in [1.82, 2.24) is 15.3 Å². The molecule has 0 unspecified atom stereocenters. The van der Waals surface area contributed by atoms with Crippen molar-refractivity contribution < 1.29 is 4.79 Å². The van der Waals surface area contributed by atoms with Crippen LogP contribution in [0.4, 0.5) is 5.95 Å². The molecule has 0 aliphatic rings. The first-order valence-electron chi connectivity index (χ1n) is 4.10. The predicted molar refractivity (Wildman–Crippen MR) is 49.2 cm³/mol. The van der Waals surface area contributed by atoms with E-state index in [2.05, 4.69) is 20.6 Å². The molecule has 0 aliphatic heterocycles. The Morgan fingerprint density at radius 1 is 1.46 bits per heavy atom. The third-order valence-electron chi connectivity index (χ3n) is 1.35. The minimum Gasteiger partial charge on any atom is -0.309 e. The van der Waals surface area contributed by atoms with Gasteiger partial charge in [-0.25, -0.2) is 9.97 Å². The normalized spacial score (nSPS) is 9.62. The molecule has 2 N–H and O–H groups in total. The largest absolute Gasteiger partial charge is 0.309 e. The first-order valence-corrected chi connectivity index (χ1v) is 4.10. The zero-order chi connectivity index (χ0) is 9.52. The van der Waals surface area contributed by atoms with Crippen LogP contribution in [0.1, 0.15) is 6.92 Å². The highest BCUT2D eigenvalue weighted by Gasteiger charge is 2.01. The number of carbonyl (C=O) groups is 1. The Balaban J connectivity index is 2.37. The molecule has 0 atom stereocenters. The van der Waals surface area contributed by atoms with Crippen LogP contribution in [0.3, 0.4) is 0 Å². The molecule has 0 fully saturated rings. The molecule has 1 aromatic rings. The van der Waals surface area contributed by atoms with Crippen LogP contribution in [0, 0.1) is 0 Å². The number of amides is 1. The number of likely N-dealkylation sites (N-methyl/N-ethyl adjacent to an activating group) is 1. The van der Waals surface area contributed by atoms with Crippen molar-refractivity contribution in [1.29, 1.82) is 0 Å². The van der Waals surface area contributed by atoms with Gasteiger partial charge in [-0.05, 0) is 12.6 Å². The van der Waals surface area contributed by atoms with Crippen LogP contribution in [-0.4, -0.2) is 29.0 Å². The van der Waals surface area contributed by atoms with Crippen molar-refractivity contribution in [3.8, 4) is 0 Å². The lowest BCUT2D eigenvalue weighted by atomic mass is 10.5. The molecule has 1 rings (SSSR count). The van der Waals surface area contributed by atoms with Crippen molar-refractivity contribution >= 4 is 11.9 Å². The molecule has 0 saturated heterocycles. The monoisotopic (exact) mass is 180 g/mol. The van der Waals surface area contributed by atoms with Gasteiger partial charge in [0.1, 0.15) is 0 Å². The predicted octanol–water partition coefficient (Wildman–Crippen LogP) is 0.0246. The van der Waals surface area contributed by atoms with Gasteiger partial charge >= 0.3 is 0 Å². The lowest BCUT2D eigenvalue weighted by Gasteiger charge is -2.02. The van der Waals surface area contributed by atoms with Crippen molar-refractivity contribution in [3.05, 3.63) is 18.5 Å². The molecule has 1 heterocycles. The van der Waals surface area contributed by atoms with Gasteiger partial charge in [-0.3, -0.25) is 10.1 Å². The van der Waals surface area contributed by atoms with E-state index in [4.69, 9.17) is 0 Å². The van der Waals surface area contributed by atoms with Crippen LogP contribution in [0.5, 0.6) is 0 Å². The van der Waals surface area contributed by atoms with E-state index in [1.807, 2.05) is 6.92 Å². The van der Waals surface area contributed by atoms with Crippen LogP contribution in [0.15, 0.2) is 18.5 Å². The maximum absolute atomic E-state index is 11.1. The third-order valence-corrected chi connectivity index (χ3v) is 1.35. The molecule has 0 saturated carbocycles. The Bertz CT molecular complexity index is 262. The van der Waals surface area contributed by atoms with E-state index in [1.54, 1.807) is 18.5 Å². The molecule has 70 valence electrons. The fourth-order valence-electron chi connectivity index (χ4n) is 0.771. The standard InChI is InChI=1S/C8H12N4O/c1-2-9-6-7(13)12-8-10-4-3-5-11-8/h3-5,9H,2,6H2,1H3,(H,10,11,12,13). The fraction of sp³-hybridized carbons (Fsp3) is 0.375. The summed E-state index contributed by atoms with van der Waals surface area (Å²) in [6.45, 7) is 2.99. The van der Waals surface area contributed by atoms with E-state index in [9.17, 15) is 4.79 Å². The van der Waals surface area contributed by atoms with Crippen LogP contribution in [0.25, 0.3) is 0 Å². The van der Waals surface area contributed by atoms with E-state index < -0.39 is 0 Å². The van der Waals surface area contributed by atoms with Crippen LogP contribution >= 0.6 is 0 Å². The number of nitrogens with one attached hydrogen (secondary N) is 2. The Hall–Kier alpha value is -1.49. The summed E-state index contributed by atoms with van der Waals surface area (Å²) in [6, 6.07) is 1.69. The van der Waals surface area contributed by atoms with Gasteiger partial charge in [0.05, 0.1) is 6.54 Å². The van der Waals surface area contributed by atoms with Crippen molar-refractivity contribution in [2.24, 2.45) is 0 Å². The highest BCUT2D eigenvalue weighted by Crippen LogP contribution is 1.92. The molecule has 13 heavy (non-hydrogen) atoms. The molecule has 0 spiro atoms. The zero-order valence-corrected chi connectivity index (χ0v) is 7.45. The van der Waals surface area contributed by atoms with Gasteiger partial charge in [-0.15, -0.1) is 0 Å². The fourth-order valence-corrected chi connectivity index (χ4v) is 0.771. The van der Waals surface area contributed by atoms with Gasteiger partial charge in [-0.2, -0.15) is 0 Å². The average Bonchev–Trinajstić information content (AvgIpc) is 2.16. The Labute approximate surface area is 76.6 Å². The SMILES string of the molecule is CCNCC(=O)Nc1ncccn1. The molecule has 0 bridgehead atoms. The zero-order valence-electron chi connectivity index (χ0n) is 7.45. The highest BCUT2D eigenvalue weighted by molar-refractivity contribution is 5.90. The number of rotatable bonds is 4. The van der Waals surface area contributed by atoms with E-state index in [1.165, 1.54) is 0 Å². The number of hydrogen-bond donors (Lipinski definition) is 2. The van der Waals surface area contributed by atoms with Gasteiger partial charge in [0.15, 0.2) is 0 Å².